The van der Waals surface area contributed by atoms with E-state index < -0.39 is 0 Å². The molecule has 118 valence electrons. The lowest BCUT2D eigenvalue weighted by Crippen LogP contribution is -2.27. The first-order valence-electron chi connectivity index (χ1n) is 7.59. The third-order valence-corrected chi connectivity index (χ3v) is 3.10. The van der Waals surface area contributed by atoms with Crippen LogP contribution in [0.15, 0.2) is 30.9 Å². The van der Waals surface area contributed by atoms with E-state index in [2.05, 4.69) is 41.9 Å². The number of ether oxygens (including phenoxy) is 1. The zero-order chi connectivity index (χ0) is 15.7. The molecule has 0 aromatic heterocycles. The Morgan fingerprint density at radius 2 is 2.19 bits per heavy atom. The van der Waals surface area contributed by atoms with Crippen LogP contribution in [0.5, 0.6) is 5.75 Å². The molecule has 2 N–H and O–H groups in total. The van der Waals surface area contributed by atoms with Crippen molar-refractivity contribution in [1.82, 2.24) is 5.32 Å². The molecule has 0 saturated heterocycles. The highest BCUT2D eigenvalue weighted by atomic mass is 16.5. The van der Waals surface area contributed by atoms with E-state index in [-0.39, 0.29) is 12.7 Å². The molecule has 0 aliphatic carbocycles. The van der Waals surface area contributed by atoms with Crippen molar-refractivity contribution >= 4 is 5.69 Å². The molecule has 21 heavy (non-hydrogen) atoms. The van der Waals surface area contributed by atoms with Crippen LogP contribution in [0.3, 0.4) is 0 Å². The summed E-state index contributed by atoms with van der Waals surface area (Å²) in [6.45, 7) is 13.0. The summed E-state index contributed by atoms with van der Waals surface area (Å²) in [7, 11) is 0. The fourth-order valence-electron chi connectivity index (χ4n) is 2.17. The Labute approximate surface area is 128 Å². The number of hydrogen-bond acceptors (Lipinski definition) is 4. The second-order valence-electron chi connectivity index (χ2n) is 5.19. The van der Waals surface area contributed by atoms with Crippen LogP contribution in [0.25, 0.3) is 0 Å². The van der Waals surface area contributed by atoms with Crippen LogP contribution in [0.2, 0.25) is 0 Å². The predicted octanol–water partition coefficient (Wildman–Crippen LogP) is 2.57. The summed E-state index contributed by atoms with van der Waals surface area (Å²) in [5, 5.41) is 12.5. The molecule has 0 amide bonds. The molecule has 1 aromatic rings. The molecule has 0 fully saturated rings. The van der Waals surface area contributed by atoms with Crippen LogP contribution in [-0.4, -0.2) is 37.5 Å². The van der Waals surface area contributed by atoms with Gasteiger partial charge < -0.3 is 20.1 Å². The standard InChI is InChI=1S/C17H28N2O2/c1-5-9-18-13-15-7-8-16(19(6-2)10-11-20)17(12-15)21-14(3)4/h5,7-8,12,14,18,20H,1,6,9-11,13H2,2-4H3. The van der Waals surface area contributed by atoms with Gasteiger partial charge in [0.25, 0.3) is 0 Å². The zero-order valence-corrected chi connectivity index (χ0v) is 13.4. The topological polar surface area (TPSA) is 44.7 Å². The molecule has 0 heterocycles. The number of anilines is 1. The Balaban J connectivity index is 2.97. The van der Waals surface area contributed by atoms with Gasteiger partial charge in [-0.3, -0.25) is 0 Å². The summed E-state index contributed by atoms with van der Waals surface area (Å²) in [6.07, 6.45) is 1.97. The summed E-state index contributed by atoms with van der Waals surface area (Å²) in [5.41, 5.74) is 2.21. The van der Waals surface area contributed by atoms with Gasteiger partial charge in [-0.15, -0.1) is 6.58 Å². The zero-order valence-electron chi connectivity index (χ0n) is 13.4. The summed E-state index contributed by atoms with van der Waals surface area (Å²) >= 11 is 0. The van der Waals surface area contributed by atoms with E-state index in [1.165, 1.54) is 5.56 Å². The number of aliphatic hydroxyl groups is 1. The Hall–Kier alpha value is -1.52. The van der Waals surface area contributed by atoms with E-state index in [1.807, 2.05) is 19.9 Å². The first kappa shape index (κ1) is 17.5. The van der Waals surface area contributed by atoms with Crippen LogP contribution < -0.4 is 15.0 Å². The molecular weight excluding hydrogens is 264 g/mol. The third kappa shape index (κ3) is 5.78. The largest absolute Gasteiger partial charge is 0.489 e. The fraction of sp³-hybridized carbons (Fsp3) is 0.529. The highest BCUT2D eigenvalue weighted by Crippen LogP contribution is 2.30. The van der Waals surface area contributed by atoms with Gasteiger partial charge in [-0.1, -0.05) is 12.1 Å². The van der Waals surface area contributed by atoms with Gasteiger partial charge in [0.2, 0.25) is 0 Å². The lowest BCUT2D eigenvalue weighted by molar-refractivity contribution is 0.242. The molecule has 0 saturated carbocycles. The normalized spacial score (nSPS) is 10.7. The fourth-order valence-corrected chi connectivity index (χ4v) is 2.17. The minimum absolute atomic E-state index is 0.118. The SMILES string of the molecule is C=CCNCc1ccc(N(CC)CCO)c(OC(C)C)c1. The molecule has 0 atom stereocenters. The third-order valence-electron chi connectivity index (χ3n) is 3.10. The maximum absolute atomic E-state index is 9.20. The molecule has 1 aromatic carbocycles. The van der Waals surface area contributed by atoms with Crippen molar-refractivity contribution in [3.05, 3.63) is 36.4 Å². The predicted molar refractivity (Wildman–Crippen MR) is 89.1 cm³/mol. The Morgan fingerprint density at radius 1 is 1.43 bits per heavy atom. The number of rotatable bonds is 10. The lowest BCUT2D eigenvalue weighted by atomic mass is 10.1. The van der Waals surface area contributed by atoms with Gasteiger partial charge >= 0.3 is 0 Å². The van der Waals surface area contributed by atoms with E-state index in [0.717, 1.165) is 31.1 Å². The maximum atomic E-state index is 9.20. The van der Waals surface area contributed by atoms with Crippen molar-refractivity contribution in [2.75, 3.05) is 31.1 Å². The van der Waals surface area contributed by atoms with E-state index in [4.69, 9.17) is 4.74 Å². The van der Waals surface area contributed by atoms with E-state index >= 15 is 0 Å². The first-order valence-corrected chi connectivity index (χ1v) is 7.59. The van der Waals surface area contributed by atoms with Crippen LogP contribution in [-0.2, 0) is 6.54 Å². The Bertz CT molecular complexity index is 433. The molecule has 0 bridgehead atoms. The Kier molecular flexibility index (Phi) is 7.87. The molecule has 1 rings (SSSR count). The average molecular weight is 292 g/mol. The lowest BCUT2D eigenvalue weighted by Gasteiger charge is -2.26. The molecule has 0 aliphatic heterocycles. The average Bonchev–Trinajstić information content (AvgIpc) is 2.45. The minimum Gasteiger partial charge on any atom is -0.489 e. The molecule has 0 aliphatic rings. The number of benzene rings is 1. The van der Waals surface area contributed by atoms with Crippen molar-refractivity contribution in [3.8, 4) is 5.75 Å². The number of nitrogens with one attached hydrogen (secondary N) is 1. The second kappa shape index (κ2) is 9.42. The molecule has 0 spiro atoms. The van der Waals surface area contributed by atoms with Gasteiger partial charge in [-0.25, -0.2) is 0 Å². The van der Waals surface area contributed by atoms with E-state index in [1.54, 1.807) is 0 Å². The van der Waals surface area contributed by atoms with E-state index in [9.17, 15) is 5.11 Å². The summed E-state index contributed by atoms with van der Waals surface area (Å²) < 4.78 is 5.95. The molecule has 4 nitrogen and oxygen atoms in total. The van der Waals surface area contributed by atoms with Crippen molar-refractivity contribution in [3.63, 3.8) is 0 Å². The van der Waals surface area contributed by atoms with Gasteiger partial charge in [0.05, 0.1) is 18.4 Å². The second-order valence-corrected chi connectivity index (χ2v) is 5.19. The van der Waals surface area contributed by atoms with Crippen LogP contribution in [0.1, 0.15) is 26.3 Å². The first-order chi connectivity index (χ1) is 10.1. The summed E-state index contributed by atoms with van der Waals surface area (Å²) in [6, 6.07) is 6.24. The number of likely N-dealkylation sites (N-methyl/N-ethyl adjacent to an activating group) is 1. The number of nitrogens with zero attached hydrogens (tertiary/aromatic N) is 1. The van der Waals surface area contributed by atoms with Crippen LogP contribution >= 0.6 is 0 Å². The smallest absolute Gasteiger partial charge is 0.143 e. The summed E-state index contributed by atoms with van der Waals surface area (Å²) in [4.78, 5) is 2.12. The van der Waals surface area contributed by atoms with Gasteiger partial charge in [0, 0.05) is 26.2 Å². The highest BCUT2D eigenvalue weighted by molar-refractivity contribution is 5.60. The van der Waals surface area contributed by atoms with Crippen molar-refractivity contribution in [1.29, 1.82) is 0 Å². The summed E-state index contributed by atoms with van der Waals surface area (Å²) in [5.74, 6) is 0.873. The number of hydrogen-bond donors (Lipinski definition) is 2. The molecule has 0 radical (unpaired) electrons. The van der Waals surface area contributed by atoms with Crippen LogP contribution in [0.4, 0.5) is 5.69 Å². The van der Waals surface area contributed by atoms with Gasteiger partial charge in [-0.2, -0.15) is 0 Å². The van der Waals surface area contributed by atoms with Crippen LogP contribution in [0, 0.1) is 0 Å². The van der Waals surface area contributed by atoms with E-state index in [0.29, 0.717) is 6.54 Å². The monoisotopic (exact) mass is 292 g/mol. The quantitative estimate of drug-likeness (QED) is 0.514. The molecular formula is C17H28N2O2. The highest BCUT2D eigenvalue weighted by Gasteiger charge is 2.12. The molecule has 4 heteroatoms. The minimum atomic E-state index is 0.118. The van der Waals surface area contributed by atoms with Crippen molar-refractivity contribution < 1.29 is 9.84 Å². The van der Waals surface area contributed by atoms with Crippen molar-refractivity contribution in [2.24, 2.45) is 0 Å². The van der Waals surface area contributed by atoms with Crippen molar-refractivity contribution in [2.45, 2.75) is 33.4 Å². The van der Waals surface area contributed by atoms with Gasteiger partial charge in [0.15, 0.2) is 0 Å². The maximum Gasteiger partial charge on any atom is 0.143 e. The van der Waals surface area contributed by atoms with Gasteiger partial charge in [-0.05, 0) is 38.5 Å². The molecule has 0 unspecified atom stereocenters. The Morgan fingerprint density at radius 3 is 2.76 bits per heavy atom. The number of aliphatic hydroxyl groups excluding tert-OH is 1. The van der Waals surface area contributed by atoms with Gasteiger partial charge in [0.1, 0.15) is 5.75 Å².